The number of carbonyl (C=O) groups is 1. The zero-order valence-corrected chi connectivity index (χ0v) is 18.0. The molecule has 0 unspecified atom stereocenters. The van der Waals surface area contributed by atoms with Gasteiger partial charge in [-0.2, -0.15) is 0 Å². The molecule has 0 bridgehead atoms. The number of amides is 1. The number of carbonyl (C=O) groups excluding carboxylic acids is 1. The van der Waals surface area contributed by atoms with Crippen molar-refractivity contribution in [2.45, 2.75) is 11.4 Å². The van der Waals surface area contributed by atoms with E-state index in [-0.39, 0.29) is 10.8 Å². The first-order valence-electron chi connectivity index (χ1n) is 10.2. The SMILES string of the molecule is O=C(c1cccc(S(=O)(=O)Nc2ccccc2)c1)N1CCN(Cc2ccccc2)CC1. The molecule has 0 aromatic heterocycles. The molecule has 160 valence electrons. The molecule has 3 aromatic carbocycles. The first kappa shape index (κ1) is 21.1. The molecule has 1 aliphatic rings. The Morgan fingerprint density at radius 2 is 1.45 bits per heavy atom. The first-order valence-corrected chi connectivity index (χ1v) is 11.7. The van der Waals surface area contributed by atoms with Crippen LogP contribution in [0.4, 0.5) is 5.69 Å². The van der Waals surface area contributed by atoms with Gasteiger partial charge < -0.3 is 4.90 Å². The normalized spacial score (nSPS) is 14.9. The molecular formula is C24H25N3O3S. The summed E-state index contributed by atoms with van der Waals surface area (Å²) in [6.45, 7) is 3.67. The van der Waals surface area contributed by atoms with Gasteiger partial charge in [-0.05, 0) is 35.9 Å². The molecule has 6 nitrogen and oxygen atoms in total. The van der Waals surface area contributed by atoms with Crippen molar-refractivity contribution in [3.05, 3.63) is 96.1 Å². The Bertz CT molecular complexity index is 1130. The topological polar surface area (TPSA) is 69.7 Å². The fourth-order valence-corrected chi connectivity index (χ4v) is 4.75. The summed E-state index contributed by atoms with van der Waals surface area (Å²) in [5.74, 6) is -0.142. The maximum absolute atomic E-state index is 13.0. The summed E-state index contributed by atoms with van der Waals surface area (Å²) in [4.78, 5) is 17.2. The number of para-hydroxylation sites is 1. The van der Waals surface area contributed by atoms with Crippen LogP contribution in [0.2, 0.25) is 0 Å². The number of hydrogen-bond acceptors (Lipinski definition) is 4. The van der Waals surface area contributed by atoms with Crippen LogP contribution in [0, 0.1) is 0 Å². The van der Waals surface area contributed by atoms with Crippen LogP contribution in [0.25, 0.3) is 0 Å². The van der Waals surface area contributed by atoms with Crippen molar-refractivity contribution in [3.63, 3.8) is 0 Å². The molecule has 31 heavy (non-hydrogen) atoms. The molecule has 0 saturated carbocycles. The number of benzene rings is 3. The van der Waals surface area contributed by atoms with E-state index in [1.54, 1.807) is 41.3 Å². The highest BCUT2D eigenvalue weighted by molar-refractivity contribution is 7.92. The highest BCUT2D eigenvalue weighted by Gasteiger charge is 2.23. The van der Waals surface area contributed by atoms with E-state index in [4.69, 9.17) is 0 Å². The van der Waals surface area contributed by atoms with Crippen molar-refractivity contribution in [1.29, 1.82) is 0 Å². The quantitative estimate of drug-likeness (QED) is 0.644. The van der Waals surface area contributed by atoms with Crippen LogP contribution in [0.5, 0.6) is 0 Å². The van der Waals surface area contributed by atoms with E-state index in [0.717, 1.165) is 19.6 Å². The molecule has 3 aromatic rings. The van der Waals surface area contributed by atoms with Crippen molar-refractivity contribution in [2.24, 2.45) is 0 Å². The van der Waals surface area contributed by atoms with Crippen LogP contribution < -0.4 is 4.72 Å². The number of rotatable bonds is 6. The number of sulfonamides is 1. The van der Waals surface area contributed by atoms with Gasteiger partial charge in [0.05, 0.1) is 4.90 Å². The molecule has 7 heteroatoms. The number of hydrogen-bond donors (Lipinski definition) is 1. The van der Waals surface area contributed by atoms with Gasteiger partial charge in [-0.3, -0.25) is 14.4 Å². The summed E-state index contributed by atoms with van der Waals surface area (Å²) in [6.07, 6.45) is 0. The minimum Gasteiger partial charge on any atom is -0.336 e. The second-order valence-corrected chi connectivity index (χ2v) is 9.24. The highest BCUT2D eigenvalue weighted by atomic mass is 32.2. The molecule has 1 heterocycles. The van der Waals surface area contributed by atoms with Crippen LogP contribution in [-0.4, -0.2) is 50.3 Å². The second-order valence-electron chi connectivity index (χ2n) is 7.55. The Hall–Kier alpha value is -3.16. The lowest BCUT2D eigenvalue weighted by Crippen LogP contribution is -2.48. The van der Waals surface area contributed by atoms with Crippen molar-refractivity contribution in [1.82, 2.24) is 9.80 Å². The van der Waals surface area contributed by atoms with E-state index in [9.17, 15) is 13.2 Å². The van der Waals surface area contributed by atoms with Gasteiger partial charge in [-0.25, -0.2) is 8.42 Å². The fraction of sp³-hybridized carbons (Fsp3) is 0.208. The van der Waals surface area contributed by atoms with Crippen molar-refractivity contribution < 1.29 is 13.2 Å². The third-order valence-corrected chi connectivity index (χ3v) is 6.70. The first-order chi connectivity index (χ1) is 15.0. The van der Waals surface area contributed by atoms with Crippen LogP contribution in [0.1, 0.15) is 15.9 Å². The van der Waals surface area contributed by atoms with Crippen LogP contribution in [-0.2, 0) is 16.6 Å². The Kier molecular flexibility index (Phi) is 6.34. The van der Waals surface area contributed by atoms with E-state index in [0.29, 0.717) is 24.3 Å². The lowest BCUT2D eigenvalue weighted by atomic mass is 10.1. The summed E-state index contributed by atoms with van der Waals surface area (Å²) in [7, 11) is -3.77. The van der Waals surface area contributed by atoms with E-state index in [1.807, 2.05) is 24.3 Å². The van der Waals surface area contributed by atoms with Crippen molar-refractivity contribution >= 4 is 21.6 Å². The molecular weight excluding hydrogens is 410 g/mol. The Morgan fingerprint density at radius 3 is 2.13 bits per heavy atom. The maximum Gasteiger partial charge on any atom is 0.261 e. The van der Waals surface area contributed by atoms with Gasteiger partial charge in [0.2, 0.25) is 0 Å². The number of nitrogens with one attached hydrogen (secondary N) is 1. The third kappa shape index (κ3) is 5.31. The third-order valence-electron chi connectivity index (χ3n) is 5.33. The lowest BCUT2D eigenvalue weighted by molar-refractivity contribution is 0.0628. The molecule has 1 fully saturated rings. The molecule has 0 aliphatic carbocycles. The van der Waals surface area contributed by atoms with Gasteiger partial charge in [0.15, 0.2) is 0 Å². The smallest absolute Gasteiger partial charge is 0.261 e. The standard InChI is InChI=1S/C24H25N3O3S/c28-24(27-16-14-26(15-17-27)19-20-8-3-1-4-9-20)21-10-7-13-23(18-21)31(29,30)25-22-11-5-2-6-12-22/h1-13,18,25H,14-17,19H2. The summed E-state index contributed by atoms with van der Waals surface area (Å²) in [5.41, 5.74) is 2.12. The molecule has 0 spiro atoms. The predicted octanol–water partition coefficient (Wildman–Crippen LogP) is 3.45. The summed E-state index contributed by atoms with van der Waals surface area (Å²) < 4.78 is 28.0. The average Bonchev–Trinajstić information content (AvgIpc) is 2.80. The van der Waals surface area contributed by atoms with Crippen LogP contribution in [0.15, 0.2) is 89.8 Å². The minimum atomic E-state index is -3.77. The average molecular weight is 436 g/mol. The summed E-state index contributed by atoms with van der Waals surface area (Å²) in [6, 6.07) is 25.2. The zero-order chi connectivity index (χ0) is 21.7. The predicted molar refractivity (Wildman–Crippen MR) is 121 cm³/mol. The molecule has 1 saturated heterocycles. The molecule has 1 aliphatic heterocycles. The van der Waals surface area contributed by atoms with E-state index < -0.39 is 10.0 Å². The molecule has 4 rings (SSSR count). The Labute approximate surface area is 183 Å². The molecule has 0 atom stereocenters. The van der Waals surface area contributed by atoms with Gasteiger partial charge in [0.1, 0.15) is 0 Å². The van der Waals surface area contributed by atoms with Gasteiger partial charge in [0.25, 0.3) is 15.9 Å². The van der Waals surface area contributed by atoms with Crippen molar-refractivity contribution in [3.8, 4) is 0 Å². The van der Waals surface area contributed by atoms with Crippen LogP contribution >= 0.6 is 0 Å². The largest absolute Gasteiger partial charge is 0.336 e. The monoisotopic (exact) mass is 435 g/mol. The zero-order valence-electron chi connectivity index (χ0n) is 17.1. The Balaban J connectivity index is 1.40. The van der Waals surface area contributed by atoms with E-state index >= 15 is 0 Å². The molecule has 0 radical (unpaired) electrons. The van der Waals surface area contributed by atoms with E-state index in [2.05, 4.69) is 21.8 Å². The fourth-order valence-electron chi connectivity index (χ4n) is 3.65. The lowest BCUT2D eigenvalue weighted by Gasteiger charge is -2.34. The number of piperazine rings is 1. The van der Waals surface area contributed by atoms with Gasteiger partial charge in [0, 0.05) is 44.0 Å². The highest BCUT2D eigenvalue weighted by Crippen LogP contribution is 2.19. The minimum absolute atomic E-state index is 0.0740. The van der Waals surface area contributed by atoms with Gasteiger partial charge in [-0.1, -0.05) is 54.6 Å². The van der Waals surface area contributed by atoms with Gasteiger partial charge in [-0.15, -0.1) is 0 Å². The second kappa shape index (κ2) is 9.32. The number of nitrogens with zero attached hydrogens (tertiary/aromatic N) is 2. The number of anilines is 1. The van der Waals surface area contributed by atoms with Crippen molar-refractivity contribution in [2.75, 3.05) is 30.9 Å². The maximum atomic E-state index is 13.0. The van der Waals surface area contributed by atoms with Crippen LogP contribution in [0.3, 0.4) is 0 Å². The van der Waals surface area contributed by atoms with Gasteiger partial charge >= 0.3 is 0 Å². The Morgan fingerprint density at radius 1 is 0.806 bits per heavy atom. The van der Waals surface area contributed by atoms with E-state index in [1.165, 1.54) is 17.7 Å². The summed E-state index contributed by atoms with van der Waals surface area (Å²) >= 11 is 0. The summed E-state index contributed by atoms with van der Waals surface area (Å²) in [5, 5.41) is 0. The molecule has 1 amide bonds. The molecule has 1 N–H and O–H groups in total.